The summed E-state index contributed by atoms with van der Waals surface area (Å²) in [6.45, 7) is 0. The number of aromatic nitrogens is 4. The molecule has 0 aliphatic carbocycles. The lowest BCUT2D eigenvalue weighted by Crippen LogP contribution is -1.84. The van der Waals surface area contributed by atoms with E-state index in [2.05, 4.69) is 24.9 Å². The van der Waals surface area contributed by atoms with Gasteiger partial charge < -0.3 is 4.98 Å². The highest BCUT2D eigenvalue weighted by molar-refractivity contribution is 5.81. The van der Waals surface area contributed by atoms with Crippen molar-refractivity contribution in [2.45, 2.75) is 0 Å². The normalized spacial score (nSPS) is 11.3. The smallest absolute Gasteiger partial charge is 0.251 e. The van der Waals surface area contributed by atoms with Crippen molar-refractivity contribution >= 4 is 23.3 Å². The Kier molecular flexibility index (Phi) is 2.34. The van der Waals surface area contributed by atoms with E-state index in [4.69, 9.17) is 0 Å². The Morgan fingerprint density at radius 2 is 2.00 bits per heavy atom. The fourth-order valence-corrected chi connectivity index (χ4v) is 1.46. The van der Waals surface area contributed by atoms with Crippen molar-refractivity contribution in [1.82, 2.24) is 19.9 Å². The van der Waals surface area contributed by atoms with Gasteiger partial charge in [-0.15, -0.1) is 0 Å². The maximum absolute atomic E-state index is 4.21. The zero-order valence-electron chi connectivity index (χ0n) is 8.91. The van der Waals surface area contributed by atoms with Crippen LogP contribution in [-0.2, 0) is 0 Å². The van der Waals surface area contributed by atoms with Gasteiger partial charge in [-0.2, -0.15) is 4.98 Å². The summed E-state index contributed by atoms with van der Waals surface area (Å²) in [6.07, 6.45) is 4.99. The number of nitrogens with one attached hydrogen (secondary N) is 1. The quantitative estimate of drug-likeness (QED) is 0.676. The van der Waals surface area contributed by atoms with Gasteiger partial charge in [-0.3, -0.25) is 0 Å². The van der Waals surface area contributed by atoms with Crippen molar-refractivity contribution < 1.29 is 0 Å². The number of H-pyrrole nitrogens is 1. The Bertz CT molecular complexity index is 657. The molecule has 0 radical (unpaired) electrons. The standard InChI is InChI=1S/C12H9N5/c1-2-4-9(5-3-1)6-13-12-14-7-10-11(17-12)16-8-15-10/h1-8H,(H,14,15,16,17). The molecule has 0 saturated carbocycles. The Morgan fingerprint density at radius 3 is 2.88 bits per heavy atom. The van der Waals surface area contributed by atoms with E-state index < -0.39 is 0 Å². The Morgan fingerprint density at radius 1 is 1.12 bits per heavy atom. The van der Waals surface area contributed by atoms with Crippen molar-refractivity contribution in [3.05, 3.63) is 48.4 Å². The van der Waals surface area contributed by atoms with E-state index in [0.29, 0.717) is 11.6 Å². The molecule has 82 valence electrons. The number of nitrogens with zero attached hydrogens (tertiary/aromatic N) is 4. The van der Waals surface area contributed by atoms with E-state index in [1.165, 1.54) is 0 Å². The van der Waals surface area contributed by atoms with Crippen LogP contribution in [0.15, 0.2) is 47.8 Å². The molecular formula is C12H9N5. The molecule has 17 heavy (non-hydrogen) atoms. The number of aliphatic imine (C=N–C) groups is 1. The third-order valence-corrected chi connectivity index (χ3v) is 2.29. The van der Waals surface area contributed by atoms with Crippen LogP contribution in [0.5, 0.6) is 0 Å². The molecule has 0 atom stereocenters. The van der Waals surface area contributed by atoms with Gasteiger partial charge >= 0.3 is 0 Å². The maximum atomic E-state index is 4.21. The van der Waals surface area contributed by atoms with Gasteiger partial charge in [0.15, 0.2) is 5.65 Å². The number of fused-ring (bicyclic) bond motifs is 1. The van der Waals surface area contributed by atoms with E-state index in [9.17, 15) is 0 Å². The minimum atomic E-state index is 0.411. The third kappa shape index (κ3) is 2.03. The van der Waals surface area contributed by atoms with Gasteiger partial charge in [0.05, 0.1) is 12.5 Å². The van der Waals surface area contributed by atoms with Gasteiger partial charge in [0.1, 0.15) is 5.52 Å². The van der Waals surface area contributed by atoms with Crippen LogP contribution in [0.3, 0.4) is 0 Å². The fourth-order valence-electron chi connectivity index (χ4n) is 1.46. The number of benzene rings is 1. The van der Waals surface area contributed by atoms with Crippen LogP contribution in [0.4, 0.5) is 5.95 Å². The lowest BCUT2D eigenvalue weighted by Gasteiger charge is -1.92. The number of aromatic amines is 1. The first-order valence-corrected chi connectivity index (χ1v) is 5.17. The van der Waals surface area contributed by atoms with Gasteiger partial charge in [-0.1, -0.05) is 30.3 Å². The Balaban J connectivity index is 1.92. The molecule has 0 saturated heterocycles. The minimum Gasteiger partial charge on any atom is -0.342 e. The van der Waals surface area contributed by atoms with Crippen LogP contribution in [0, 0.1) is 0 Å². The summed E-state index contributed by atoms with van der Waals surface area (Å²) < 4.78 is 0. The molecule has 1 N–H and O–H groups in total. The third-order valence-electron chi connectivity index (χ3n) is 2.29. The largest absolute Gasteiger partial charge is 0.342 e. The van der Waals surface area contributed by atoms with Gasteiger partial charge in [-0.25, -0.2) is 15.0 Å². The Labute approximate surface area is 97.3 Å². The molecule has 0 aliphatic rings. The average molecular weight is 223 g/mol. The van der Waals surface area contributed by atoms with Crippen molar-refractivity contribution in [2.24, 2.45) is 4.99 Å². The van der Waals surface area contributed by atoms with E-state index >= 15 is 0 Å². The molecule has 0 amide bonds. The second-order valence-corrected chi connectivity index (χ2v) is 3.48. The molecule has 1 aromatic carbocycles. The highest BCUT2D eigenvalue weighted by Crippen LogP contribution is 2.09. The lowest BCUT2D eigenvalue weighted by atomic mass is 10.2. The molecule has 2 heterocycles. The SMILES string of the molecule is C(=Nc1ncc2[nH]cnc2n1)c1ccccc1. The molecule has 2 aromatic heterocycles. The molecule has 5 heteroatoms. The van der Waals surface area contributed by atoms with Crippen molar-refractivity contribution in [3.8, 4) is 0 Å². The topological polar surface area (TPSA) is 66.8 Å². The van der Waals surface area contributed by atoms with Crippen LogP contribution in [0.2, 0.25) is 0 Å². The first-order chi connectivity index (χ1) is 8.42. The van der Waals surface area contributed by atoms with Gasteiger partial charge in [0.2, 0.25) is 0 Å². The predicted octanol–water partition coefficient (Wildman–Crippen LogP) is 2.10. The zero-order valence-corrected chi connectivity index (χ0v) is 8.91. The molecule has 5 nitrogen and oxygen atoms in total. The molecular weight excluding hydrogens is 214 g/mol. The highest BCUT2D eigenvalue weighted by atomic mass is 15.1. The van der Waals surface area contributed by atoms with E-state index in [1.54, 1.807) is 18.7 Å². The van der Waals surface area contributed by atoms with E-state index in [-0.39, 0.29) is 0 Å². The molecule has 0 fully saturated rings. The summed E-state index contributed by atoms with van der Waals surface area (Å²) in [5.74, 6) is 0.411. The van der Waals surface area contributed by atoms with Gasteiger partial charge in [-0.05, 0) is 5.56 Å². The fraction of sp³-hybridized carbons (Fsp3) is 0. The second kappa shape index (κ2) is 4.13. The summed E-state index contributed by atoms with van der Waals surface area (Å²) in [6, 6.07) is 9.81. The van der Waals surface area contributed by atoms with Crippen LogP contribution in [0.25, 0.3) is 11.2 Å². The first-order valence-electron chi connectivity index (χ1n) is 5.17. The second-order valence-electron chi connectivity index (χ2n) is 3.48. The molecule has 0 spiro atoms. The molecule has 3 rings (SSSR count). The highest BCUT2D eigenvalue weighted by Gasteiger charge is 1.99. The van der Waals surface area contributed by atoms with Gasteiger partial charge in [0.25, 0.3) is 5.95 Å². The zero-order chi connectivity index (χ0) is 11.5. The molecule has 0 bridgehead atoms. The molecule has 0 unspecified atom stereocenters. The molecule has 0 aliphatic heterocycles. The summed E-state index contributed by atoms with van der Waals surface area (Å²) in [7, 11) is 0. The lowest BCUT2D eigenvalue weighted by molar-refractivity contribution is 1.17. The number of hydrogen-bond donors (Lipinski definition) is 1. The van der Waals surface area contributed by atoms with Crippen LogP contribution >= 0.6 is 0 Å². The monoisotopic (exact) mass is 223 g/mol. The van der Waals surface area contributed by atoms with Crippen molar-refractivity contribution in [2.75, 3.05) is 0 Å². The average Bonchev–Trinajstić information content (AvgIpc) is 2.85. The summed E-state index contributed by atoms with van der Waals surface area (Å²) in [5.41, 5.74) is 2.45. The van der Waals surface area contributed by atoms with Crippen LogP contribution in [-0.4, -0.2) is 26.2 Å². The summed E-state index contributed by atoms with van der Waals surface area (Å²) in [5, 5.41) is 0. The summed E-state index contributed by atoms with van der Waals surface area (Å²) in [4.78, 5) is 19.5. The molecule has 3 aromatic rings. The van der Waals surface area contributed by atoms with Crippen LogP contribution in [0.1, 0.15) is 5.56 Å². The minimum absolute atomic E-state index is 0.411. The van der Waals surface area contributed by atoms with E-state index in [0.717, 1.165) is 11.1 Å². The Hall–Kier alpha value is -2.56. The first kappa shape index (κ1) is 9.65. The number of rotatable bonds is 2. The predicted molar refractivity (Wildman–Crippen MR) is 65.4 cm³/mol. The van der Waals surface area contributed by atoms with E-state index in [1.807, 2.05) is 30.3 Å². The summed E-state index contributed by atoms with van der Waals surface area (Å²) >= 11 is 0. The van der Waals surface area contributed by atoms with Crippen molar-refractivity contribution in [3.63, 3.8) is 0 Å². The van der Waals surface area contributed by atoms with Crippen LogP contribution < -0.4 is 0 Å². The van der Waals surface area contributed by atoms with Gasteiger partial charge in [0, 0.05) is 6.21 Å². The number of hydrogen-bond acceptors (Lipinski definition) is 4. The van der Waals surface area contributed by atoms with Crippen molar-refractivity contribution in [1.29, 1.82) is 0 Å². The number of imidazole rings is 1. The maximum Gasteiger partial charge on any atom is 0.251 e.